The Kier molecular flexibility index (Phi) is 4.51. The standard InChI is InChI=1S/C17H19N5O3/c1-4-16(23)22-8-12(9-22)21(2)14-5-11(7-18-17(14)24)13-6-15(25-3)20-10-19-13/h4-7,10,12H,1,8-9H2,2-3H3,(H,18,24). The number of carbonyl (C=O) groups excluding carboxylic acids is 1. The molecule has 0 spiro atoms. The molecule has 1 fully saturated rings. The largest absolute Gasteiger partial charge is 0.481 e. The van der Waals surface area contributed by atoms with Gasteiger partial charge in [0.2, 0.25) is 11.8 Å². The fourth-order valence-corrected chi connectivity index (χ4v) is 2.70. The number of methoxy groups -OCH3 is 1. The number of aromatic nitrogens is 3. The fraction of sp³-hybridized carbons (Fsp3) is 0.294. The molecule has 1 aliphatic heterocycles. The van der Waals surface area contributed by atoms with Crippen molar-refractivity contribution in [3.8, 4) is 17.1 Å². The van der Waals surface area contributed by atoms with Crippen molar-refractivity contribution in [2.45, 2.75) is 6.04 Å². The van der Waals surface area contributed by atoms with Gasteiger partial charge >= 0.3 is 0 Å². The zero-order chi connectivity index (χ0) is 18.0. The van der Waals surface area contributed by atoms with E-state index in [4.69, 9.17) is 4.74 Å². The van der Waals surface area contributed by atoms with E-state index in [1.807, 2.05) is 11.9 Å². The third-order valence-electron chi connectivity index (χ3n) is 4.31. The van der Waals surface area contributed by atoms with Crippen LogP contribution in [0, 0.1) is 0 Å². The first-order valence-corrected chi connectivity index (χ1v) is 7.76. The molecule has 0 unspecified atom stereocenters. The van der Waals surface area contributed by atoms with Crippen LogP contribution in [0.2, 0.25) is 0 Å². The van der Waals surface area contributed by atoms with Crippen LogP contribution >= 0.6 is 0 Å². The van der Waals surface area contributed by atoms with E-state index in [2.05, 4.69) is 21.5 Å². The highest BCUT2D eigenvalue weighted by molar-refractivity contribution is 5.87. The van der Waals surface area contributed by atoms with E-state index in [1.165, 1.54) is 19.5 Å². The van der Waals surface area contributed by atoms with E-state index in [9.17, 15) is 9.59 Å². The molecule has 3 rings (SSSR count). The second-order valence-electron chi connectivity index (χ2n) is 5.76. The predicted octanol–water partition coefficient (Wildman–Crippen LogP) is 0.673. The Balaban J connectivity index is 1.84. The average molecular weight is 341 g/mol. The number of hydrogen-bond acceptors (Lipinski definition) is 6. The number of carbonyl (C=O) groups is 1. The van der Waals surface area contributed by atoms with Crippen molar-refractivity contribution in [3.63, 3.8) is 0 Å². The number of amides is 1. The molecule has 130 valence electrons. The molecule has 1 amide bonds. The van der Waals surface area contributed by atoms with Crippen molar-refractivity contribution in [2.75, 3.05) is 32.1 Å². The third kappa shape index (κ3) is 3.23. The summed E-state index contributed by atoms with van der Waals surface area (Å²) in [4.78, 5) is 38.3. The van der Waals surface area contributed by atoms with Crippen molar-refractivity contribution in [2.24, 2.45) is 0 Å². The zero-order valence-electron chi connectivity index (χ0n) is 14.1. The summed E-state index contributed by atoms with van der Waals surface area (Å²) < 4.78 is 5.11. The van der Waals surface area contributed by atoms with Crippen LogP contribution in [-0.4, -0.2) is 59.0 Å². The van der Waals surface area contributed by atoms with E-state index >= 15 is 0 Å². The van der Waals surface area contributed by atoms with Crippen molar-refractivity contribution >= 4 is 11.6 Å². The Morgan fingerprint density at radius 3 is 2.88 bits per heavy atom. The highest BCUT2D eigenvalue weighted by Crippen LogP contribution is 2.24. The average Bonchev–Trinajstić information content (AvgIpc) is 2.60. The van der Waals surface area contributed by atoms with E-state index in [-0.39, 0.29) is 17.5 Å². The summed E-state index contributed by atoms with van der Waals surface area (Å²) in [6.07, 6.45) is 4.31. The lowest BCUT2D eigenvalue weighted by Gasteiger charge is -2.44. The summed E-state index contributed by atoms with van der Waals surface area (Å²) >= 11 is 0. The third-order valence-corrected chi connectivity index (χ3v) is 4.31. The Labute approximate surface area is 144 Å². The van der Waals surface area contributed by atoms with Gasteiger partial charge in [0.15, 0.2) is 0 Å². The summed E-state index contributed by atoms with van der Waals surface area (Å²) in [5.41, 5.74) is 1.72. The molecule has 0 aromatic carbocycles. The SMILES string of the molecule is C=CC(=O)N1CC(N(C)c2cc(-c3cc(OC)ncn3)c[nH]c2=O)C1. The highest BCUT2D eigenvalue weighted by Gasteiger charge is 2.33. The molecular formula is C17H19N5O3. The maximum Gasteiger partial charge on any atom is 0.271 e. The first kappa shape index (κ1) is 16.7. The van der Waals surface area contributed by atoms with Crippen LogP contribution in [0.3, 0.4) is 0 Å². The van der Waals surface area contributed by atoms with Crippen LogP contribution in [0.25, 0.3) is 11.3 Å². The van der Waals surface area contributed by atoms with Crippen LogP contribution in [0.4, 0.5) is 5.69 Å². The molecule has 1 saturated heterocycles. The summed E-state index contributed by atoms with van der Waals surface area (Å²) in [6, 6.07) is 3.56. The van der Waals surface area contributed by atoms with Gasteiger partial charge in [0.05, 0.1) is 18.8 Å². The Bertz CT molecular complexity index is 857. The van der Waals surface area contributed by atoms with Gasteiger partial charge in [-0.25, -0.2) is 9.97 Å². The molecule has 0 bridgehead atoms. The van der Waals surface area contributed by atoms with Gasteiger partial charge in [0.25, 0.3) is 5.56 Å². The van der Waals surface area contributed by atoms with Gasteiger partial charge < -0.3 is 19.5 Å². The van der Waals surface area contributed by atoms with Crippen molar-refractivity contribution in [3.05, 3.63) is 47.7 Å². The summed E-state index contributed by atoms with van der Waals surface area (Å²) in [5, 5.41) is 0. The Morgan fingerprint density at radius 2 is 2.20 bits per heavy atom. The maximum absolute atomic E-state index is 12.2. The summed E-state index contributed by atoms with van der Waals surface area (Å²) in [7, 11) is 3.38. The molecule has 25 heavy (non-hydrogen) atoms. The quantitative estimate of drug-likeness (QED) is 0.804. The van der Waals surface area contributed by atoms with E-state index < -0.39 is 0 Å². The van der Waals surface area contributed by atoms with E-state index in [0.29, 0.717) is 30.4 Å². The maximum atomic E-state index is 12.2. The minimum atomic E-state index is -0.194. The van der Waals surface area contributed by atoms with E-state index in [0.717, 1.165) is 5.56 Å². The van der Waals surface area contributed by atoms with Crippen molar-refractivity contribution < 1.29 is 9.53 Å². The van der Waals surface area contributed by atoms with Gasteiger partial charge in [-0.2, -0.15) is 0 Å². The Morgan fingerprint density at radius 1 is 1.44 bits per heavy atom. The van der Waals surface area contributed by atoms with Gasteiger partial charge in [-0.1, -0.05) is 6.58 Å². The second-order valence-corrected chi connectivity index (χ2v) is 5.76. The van der Waals surface area contributed by atoms with Crippen molar-refractivity contribution in [1.29, 1.82) is 0 Å². The smallest absolute Gasteiger partial charge is 0.271 e. The number of nitrogens with one attached hydrogen (secondary N) is 1. The van der Waals surface area contributed by atoms with Crippen LogP contribution in [0.5, 0.6) is 5.88 Å². The number of anilines is 1. The first-order chi connectivity index (χ1) is 12.0. The van der Waals surface area contributed by atoms with Crippen LogP contribution in [-0.2, 0) is 4.79 Å². The van der Waals surface area contributed by atoms with Gasteiger partial charge in [0, 0.05) is 38.0 Å². The van der Waals surface area contributed by atoms with Crippen LogP contribution in [0.15, 0.2) is 42.1 Å². The number of H-pyrrole nitrogens is 1. The highest BCUT2D eigenvalue weighted by atomic mass is 16.5. The van der Waals surface area contributed by atoms with Gasteiger partial charge in [0.1, 0.15) is 12.0 Å². The molecule has 0 aliphatic carbocycles. The minimum Gasteiger partial charge on any atom is -0.481 e. The molecule has 1 aliphatic rings. The number of likely N-dealkylation sites (tertiary alicyclic amines) is 1. The van der Waals surface area contributed by atoms with Crippen molar-refractivity contribution in [1.82, 2.24) is 19.9 Å². The number of aromatic amines is 1. The van der Waals surface area contributed by atoms with Gasteiger partial charge in [-0.05, 0) is 12.1 Å². The lowest BCUT2D eigenvalue weighted by atomic mass is 10.1. The zero-order valence-corrected chi connectivity index (χ0v) is 14.1. The molecule has 0 saturated carbocycles. The molecule has 0 atom stereocenters. The minimum absolute atomic E-state index is 0.0835. The number of ether oxygens (including phenoxy) is 1. The summed E-state index contributed by atoms with van der Waals surface area (Å²) in [6.45, 7) is 4.61. The molecule has 8 nitrogen and oxygen atoms in total. The molecular weight excluding hydrogens is 322 g/mol. The number of nitrogens with zero attached hydrogens (tertiary/aromatic N) is 4. The molecule has 1 N–H and O–H groups in total. The van der Waals surface area contributed by atoms with Gasteiger partial charge in [-0.3, -0.25) is 9.59 Å². The summed E-state index contributed by atoms with van der Waals surface area (Å²) in [5.74, 6) is 0.351. The van der Waals surface area contributed by atoms with Crippen LogP contribution in [0.1, 0.15) is 0 Å². The molecule has 8 heteroatoms. The normalized spacial score (nSPS) is 13.9. The topological polar surface area (TPSA) is 91.4 Å². The van der Waals surface area contributed by atoms with Gasteiger partial charge in [-0.15, -0.1) is 0 Å². The van der Waals surface area contributed by atoms with Crippen LogP contribution < -0.4 is 15.2 Å². The molecule has 3 heterocycles. The number of hydrogen-bond donors (Lipinski definition) is 1. The molecule has 2 aromatic rings. The number of likely N-dealkylation sites (N-methyl/N-ethyl adjacent to an activating group) is 1. The monoisotopic (exact) mass is 341 g/mol. The first-order valence-electron chi connectivity index (χ1n) is 7.76. The Hall–Kier alpha value is -3.16. The lowest BCUT2D eigenvalue weighted by Crippen LogP contribution is -2.60. The number of pyridine rings is 1. The number of rotatable bonds is 5. The lowest BCUT2D eigenvalue weighted by molar-refractivity contribution is -0.130. The molecule has 2 aromatic heterocycles. The van der Waals surface area contributed by atoms with E-state index in [1.54, 1.807) is 23.2 Å². The second kappa shape index (κ2) is 6.76. The fourth-order valence-electron chi connectivity index (χ4n) is 2.70. The predicted molar refractivity (Wildman–Crippen MR) is 93.6 cm³/mol. The molecule has 0 radical (unpaired) electrons.